The zero-order valence-electron chi connectivity index (χ0n) is 10.1. The van der Waals surface area contributed by atoms with Gasteiger partial charge in [0, 0.05) is 11.7 Å². The Hall–Kier alpha value is -0.980. The lowest BCUT2D eigenvalue weighted by Crippen LogP contribution is -2.13. The van der Waals surface area contributed by atoms with Gasteiger partial charge in [-0.25, -0.2) is 0 Å². The van der Waals surface area contributed by atoms with Crippen LogP contribution in [0.5, 0.6) is 0 Å². The smallest absolute Gasteiger partial charge is 0.0371 e. The summed E-state index contributed by atoms with van der Waals surface area (Å²) in [7, 11) is 0. The van der Waals surface area contributed by atoms with Crippen LogP contribution in [0.25, 0.3) is 0 Å². The Morgan fingerprint density at radius 3 is 2.29 bits per heavy atom. The predicted molar refractivity (Wildman–Crippen MR) is 65.9 cm³/mol. The van der Waals surface area contributed by atoms with E-state index >= 15 is 0 Å². The van der Waals surface area contributed by atoms with E-state index in [4.69, 9.17) is 0 Å². The molecule has 0 saturated heterocycles. The summed E-state index contributed by atoms with van der Waals surface area (Å²) in [6.45, 7) is 10.5. The minimum atomic E-state index is 0.561. The molecule has 14 heavy (non-hydrogen) atoms. The van der Waals surface area contributed by atoms with Gasteiger partial charge < -0.3 is 5.32 Å². The highest BCUT2D eigenvalue weighted by atomic mass is 14.9. The van der Waals surface area contributed by atoms with Gasteiger partial charge in [-0.3, -0.25) is 0 Å². The van der Waals surface area contributed by atoms with Crippen molar-refractivity contribution >= 4 is 5.69 Å². The fraction of sp³-hybridized carbons (Fsp3) is 0.538. The zero-order valence-corrected chi connectivity index (χ0v) is 10.1. The first-order valence-corrected chi connectivity index (χ1v) is 5.56. The van der Waals surface area contributed by atoms with E-state index in [1.54, 1.807) is 0 Å². The molecule has 0 spiro atoms. The van der Waals surface area contributed by atoms with Gasteiger partial charge in [-0.1, -0.05) is 39.0 Å². The van der Waals surface area contributed by atoms with E-state index in [0.717, 1.165) is 6.42 Å². The van der Waals surface area contributed by atoms with Crippen LogP contribution in [-0.4, -0.2) is 6.04 Å². The van der Waals surface area contributed by atoms with E-state index in [2.05, 4.69) is 50.4 Å². The van der Waals surface area contributed by atoms with Gasteiger partial charge in [-0.05, 0) is 31.9 Å². The summed E-state index contributed by atoms with van der Waals surface area (Å²) < 4.78 is 0. The molecule has 0 aromatic heterocycles. The second-order valence-electron chi connectivity index (χ2n) is 3.27. The molecule has 1 aromatic rings. The van der Waals surface area contributed by atoms with Crippen molar-refractivity contribution in [1.82, 2.24) is 0 Å². The van der Waals surface area contributed by atoms with Gasteiger partial charge in [0.25, 0.3) is 0 Å². The van der Waals surface area contributed by atoms with Gasteiger partial charge in [0.05, 0.1) is 0 Å². The fourth-order valence-corrected chi connectivity index (χ4v) is 1.10. The minimum absolute atomic E-state index is 0.561. The Labute approximate surface area is 88.5 Å². The van der Waals surface area contributed by atoms with E-state index in [1.807, 2.05) is 13.8 Å². The topological polar surface area (TPSA) is 12.0 Å². The quantitative estimate of drug-likeness (QED) is 0.757. The first kappa shape index (κ1) is 13.0. The van der Waals surface area contributed by atoms with Crippen molar-refractivity contribution in [3.05, 3.63) is 29.8 Å². The lowest BCUT2D eigenvalue weighted by atomic mass is 10.1. The Morgan fingerprint density at radius 2 is 1.79 bits per heavy atom. The maximum absolute atomic E-state index is 3.46. The van der Waals surface area contributed by atoms with Crippen molar-refractivity contribution in [2.24, 2.45) is 0 Å². The number of benzene rings is 1. The molecule has 0 radical (unpaired) electrons. The summed E-state index contributed by atoms with van der Waals surface area (Å²) in [5, 5.41) is 3.46. The fourth-order valence-electron chi connectivity index (χ4n) is 1.10. The lowest BCUT2D eigenvalue weighted by Gasteiger charge is -2.14. The number of aryl methyl sites for hydroxylation is 1. The van der Waals surface area contributed by atoms with Crippen LogP contribution in [0.15, 0.2) is 24.3 Å². The van der Waals surface area contributed by atoms with Gasteiger partial charge in [-0.2, -0.15) is 0 Å². The number of hydrogen-bond acceptors (Lipinski definition) is 1. The number of hydrogen-bond donors (Lipinski definition) is 1. The van der Waals surface area contributed by atoms with Crippen LogP contribution in [0.1, 0.15) is 39.7 Å². The number of nitrogens with one attached hydrogen (secondary N) is 1. The first-order chi connectivity index (χ1) is 6.74. The molecule has 1 atom stereocenters. The molecule has 0 saturated carbocycles. The molecule has 0 aliphatic rings. The third-order valence-corrected chi connectivity index (χ3v) is 2.16. The SMILES string of the molecule is CC.CCC(C)Nc1ccccc1C. The Morgan fingerprint density at radius 1 is 1.21 bits per heavy atom. The number of rotatable bonds is 3. The Kier molecular flexibility index (Phi) is 6.91. The van der Waals surface area contributed by atoms with E-state index < -0.39 is 0 Å². The van der Waals surface area contributed by atoms with Crippen molar-refractivity contribution in [3.63, 3.8) is 0 Å². The van der Waals surface area contributed by atoms with Crippen LogP contribution in [0, 0.1) is 6.92 Å². The van der Waals surface area contributed by atoms with E-state index in [1.165, 1.54) is 11.3 Å². The summed E-state index contributed by atoms with van der Waals surface area (Å²) in [5.41, 5.74) is 2.57. The second-order valence-corrected chi connectivity index (χ2v) is 3.27. The lowest BCUT2D eigenvalue weighted by molar-refractivity contribution is 0.763. The molecule has 0 aliphatic carbocycles. The van der Waals surface area contributed by atoms with Crippen molar-refractivity contribution in [2.45, 2.75) is 47.1 Å². The molecular formula is C13H23N. The summed E-state index contributed by atoms with van der Waals surface area (Å²) >= 11 is 0. The molecule has 80 valence electrons. The normalized spacial score (nSPS) is 11.2. The van der Waals surface area contributed by atoms with Gasteiger partial charge in [-0.15, -0.1) is 0 Å². The highest BCUT2D eigenvalue weighted by molar-refractivity contribution is 5.50. The summed E-state index contributed by atoms with van der Waals surface area (Å²) in [4.78, 5) is 0. The Bertz CT molecular complexity index is 243. The molecule has 0 heterocycles. The molecule has 1 aromatic carbocycles. The summed E-state index contributed by atoms with van der Waals surface area (Å²) in [6.07, 6.45) is 1.16. The Balaban J connectivity index is 0.000000791. The standard InChI is InChI=1S/C11H17N.C2H6/c1-4-10(3)12-11-8-6-5-7-9(11)2;1-2/h5-8,10,12H,4H2,1-3H3;1-2H3. The molecular weight excluding hydrogens is 170 g/mol. The third kappa shape index (κ3) is 4.31. The average Bonchev–Trinajstić information content (AvgIpc) is 2.24. The minimum Gasteiger partial charge on any atom is -0.382 e. The molecule has 0 fully saturated rings. The molecule has 1 nitrogen and oxygen atoms in total. The molecule has 1 rings (SSSR count). The van der Waals surface area contributed by atoms with Crippen LogP contribution in [0.4, 0.5) is 5.69 Å². The molecule has 1 N–H and O–H groups in total. The first-order valence-electron chi connectivity index (χ1n) is 5.56. The van der Waals surface area contributed by atoms with Gasteiger partial charge in [0.1, 0.15) is 0 Å². The van der Waals surface area contributed by atoms with Gasteiger partial charge in [0.2, 0.25) is 0 Å². The van der Waals surface area contributed by atoms with Gasteiger partial charge >= 0.3 is 0 Å². The number of anilines is 1. The maximum atomic E-state index is 3.46. The van der Waals surface area contributed by atoms with Gasteiger partial charge in [0.15, 0.2) is 0 Å². The van der Waals surface area contributed by atoms with E-state index in [0.29, 0.717) is 6.04 Å². The van der Waals surface area contributed by atoms with Crippen molar-refractivity contribution in [1.29, 1.82) is 0 Å². The van der Waals surface area contributed by atoms with Crippen molar-refractivity contribution in [2.75, 3.05) is 5.32 Å². The summed E-state index contributed by atoms with van der Waals surface area (Å²) in [5.74, 6) is 0. The zero-order chi connectivity index (χ0) is 11.0. The van der Waals surface area contributed by atoms with Crippen LogP contribution < -0.4 is 5.32 Å². The maximum Gasteiger partial charge on any atom is 0.0371 e. The molecule has 0 bridgehead atoms. The predicted octanol–water partition coefficient (Wildman–Crippen LogP) is 4.23. The highest BCUT2D eigenvalue weighted by Crippen LogP contribution is 2.14. The second kappa shape index (κ2) is 7.43. The highest BCUT2D eigenvalue weighted by Gasteiger charge is 1.99. The molecule has 1 heteroatoms. The monoisotopic (exact) mass is 193 g/mol. The van der Waals surface area contributed by atoms with Crippen LogP contribution in [-0.2, 0) is 0 Å². The summed E-state index contributed by atoms with van der Waals surface area (Å²) in [6, 6.07) is 8.95. The van der Waals surface area contributed by atoms with Crippen LogP contribution >= 0.6 is 0 Å². The largest absolute Gasteiger partial charge is 0.382 e. The average molecular weight is 193 g/mol. The van der Waals surface area contributed by atoms with Crippen LogP contribution in [0.3, 0.4) is 0 Å². The number of para-hydroxylation sites is 1. The van der Waals surface area contributed by atoms with Crippen molar-refractivity contribution in [3.8, 4) is 0 Å². The molecule has 0 aliphatic heterocycles. The molecule has 0 amide bonds. The van der Waals surface area contributed by atoms with E-state index in [9.17, 15) is 0 Å². The van der Waals surface area contributed by atoms with E-state index in [-0.39, 0.29) is 0 Å². The third-order valence-electron chi connectivity index (χ3n) is 2.16. The van der Waals surface area contributed by atoms with Crippen LogP contribution in [0.2, 0.25) is 0 Å². The van der Waals surface area contributed by atoms with Crippen molar-refractivity contribution < 1.29 is 0 Å². The molecule has 1 unspecified atom stereocenters.